The number of fused-ring (bicyclic) bond motifs is 13. The molecule has 0 aliphatic carbocycles. The minimum Gasteiger partial charge on any atom is -0.452 e. The van der Waals surface area contributed by atoms with Crippen LogP contribution >= 0.6 is 11.3 Å². The van der Waals surface area contributed by atoms with Gasteiger partial charge in [0.1, 0.15) is 16.8 Å². The highest BCUT2D eigenvalue weighted by Crippen LogP contribution is 2.48. The lowest BCUT2D eigenvalue weighted by atomic mass is 9.99. The quantitative estimate of drug-likeness (QED) is 0.192. The fourth-order valence-corrected chi connectivity index (χ4v) is 8.92. The van der Waals surface area contributed by atoms with Crippen LogP contribution in [0.4, 0.5) is 0 Å². The molecule has 0 N–H and O–H groups in total. The molecular formula is C44H25N3OS. The summed E-state index contributed by atoms with van der Waals surface area (Å²) in [5.74, 6) is 0.671. The van der Waals surface area contributed by atoms with Crippen LogP contribution in [0.2, 0.25) is 0 Å². The Labute approximate surface area is 284 Å². The number of rotatable bonds is 3. The fourth-order valence-electron chi connectivity index (χ4n) is 7.67. The maximum atomic E-state index is 6.34. The Morgan fingerprint density at radius 3 is 1.98 bits per heavy atom. The Morgan fingerprint density at radius 2 is 1.16 bits per heavy atom. The maximum absolute atomic E-state index is 6.34. The van der Waals surface area contributed by atoms with E-state index in [2.05, 4.69) is 120 Å². The van der Waals surface area contributed by atoms with Gasteiger partial charge in [-0.15, -0.1) is 11.3 Å². The van der Waals surface area contributed by atoms with Crippen LogP contribution in [-0.2, 0) is 0 Å². The van der Waals surface area contributed by atoms with Crippen molar-refractivity contribution in [2.45, 2.75) is 0 Å². The first-order valence-electron chi connectivity index (χ1n) is 16.4. The summed E-state index contributed by atoms with van der Waals surface area (Å²) in [6, 6.07) is 53.5. The van der Waals surface area contributed by atoms with Gasteiger partial charge in [-0.1, -0.05) is 103 Å². The molecule has 7 aromatic carbocycles. The zero-order chi connectivity index (χ0) is 32.1. The molecule has 49 heavy (non-hydrogen) atoms. The van der Waals surface area contributed by atoms with Crippen LogP contribution < -0.4 is 0 Å². The lowest BCUT2D eigenvalue weighted by Gasteiger charge is -2.11. The van der Waals surface area contributed by atoms with Gasteiger partial charge < -0.3 is 8.98 Å². The van der Waals surface area contributed by atoms with E-state index in [1.165, 1.54) is 52.8 Å². The molecule has 228 valence electrons. The Balaban J connectivity index is 1.17. The maximum Gasteiger partial charge on any atom is 0.180 e. The Bertz CT molecular complexity index is 3100. The van der Waals surface area contributed by atoms with Crippen molar-refractivity contribution in [1.82, 2.24) is 14.5 Å². The first-order chi connectivity index (χ1) is 24.3. The fraction of sp³-hybridized carbons (Fsp3) is 0. The monoisotopic (exact) mass is 643 g/mol. The first kappa shape index (κ1) is 26.7. The lowest BCUT2D eigenvalue weighted by molar-refractivity contribution is 0.667. The van der Waals surface area contributed by atoms with Crippen molar-refractivity contribution in [3.05, 3.63) is 152 Å². The van der Waals surface area contributed by atoms with E-state index in [0.29, 0.717) is 11.4 Å². The van der Waals surface area contributed by atoms with Gasteiger partial charge >= 0.3 is 0 Å². The van der Waals surface area contributed by atoms with Crippen molar-refractivity contribution in [3.63, 3.8) is 0 Å². The molecule has 11 aromatic rings. The van der Waals surface area contributed by atoms with E-state index < -0.39 is 0 Å². The summed E-state index contributed by atoms with van der Waals surface area (Å²) in [5.41, 5.74) is 8.62. The summed E-state index contributed by atoms with van der Waals surface area (Å²) >= 11 is 1.88. The van der Waals surface area contributed by atoms with Gasteiger partial charge in [-0.05, 0) is 59.3 Å². The summed E-state index contributed by atoms with van der Waals surface area (Å²) in [4.78, 5) is 10.2. The molecule has 0 atom stereocenters. The smallest absolute Gasteiger partial charge is 0.180 e. The third kappa shape index (κ3) is 3.79. The molecule has 0 aliphatic rings. The number of thiophene rings is 1. The summed E-state index contributed by atoms with van der Waals surface area (Å²) in [7, 11) is 0. The minimum atomic E-state index is 0.671. The summed E-state index contributed by atoms with van der Waals surface area (Å²) in [6.07, 6.45) is 0. The van der Waals surface area contributed by atoms with E-state index in [-0.39, 0.29) is 0 Å². The Hall–Kier alpha value is -6.30. The predicted molar refractivity (Wildman–Crippen MR) is 205 cm³/mol. The molecule has 0 unspecified atom stereocenters. The second kappa shape index (κ2) is 10.1. The average Bonchev–Trinajstić information content (AvgIpc) is 3.85. The zero-order valence-electron chi connectivity index (χ0n) is 26.1. The molecule has 0 saturated carbocycles. The minimum absolute atomic E-state index is 0.671. The number of benzene rings is 7. The van der Waals surface area contributed by atoms with Gasteiger partial charge in [-0.2, -0.15) is 0 Å². The van der Waals surface area contributed by atoms with Crippen LogP contribution in [-0.4, -0.2) is 14.5 Å². The molecule has 4 aromatic heterocycles. The topological polar surface area (TPSA) is 43.9 Å². The highest BCUT2D eigenvalue weighted by Gasteiger charge is 2.22. The number of nitrogens with zero attached hydrogens (tertiary/aromatic N) is 3. The Morgan fingerprint density at radius 1 is 0.510 bits per heavy atom. The SMILES string of the molecule is c1ccc(-c2nc(-c3ccc(-n4c5ccccc5c5c6ccccc6c6c7ccccc7sc6c54)cc3)nc3c2oc2ccccc23)cc1. The number of hydrogen-bond acceptors (Lipinski definition) is 4. The molecule has 0 spiro atoms. The predicted octanol–water partition coefficient (Wildman–Crippen LogP) is 12.3. The highest BCUT2D eigenvalue weighted by atomic mass is 32.1. The van der Waals surface area contributed by atoms with E-state index in [0.717, 1.165) is 39.0 Å². The molecule has 4 nitrogen and oxygen atoms in total. The van der Waals surface area contributed by atoms with E-state index in [4.69, 9.17) is 14.4 Å². The van der Waals surface area contributed by atoms with Crippen LogP contribution in [0.15, 0.2) is 156 Å². The van der Waals surface area contributed by atoms with Crippen LogP contribution in [0, 0.1) is 0 Å². The van der Waals surface area contributed by atoms with Crippen molar-refractivity contribution in [2.75, 3.05) is 0 Å². The number of furan rings is 1. The second-order valence-electron chi connectivity index (χ2n) is 12.5. The van der Waals surface area contributed by atoms with Gasteiger partial charge in [0, 0.05) is 48.4 Å². The van der Waals surface area contributed by atoms with Gasteiger partial charge in [0.25, 0.3) is 0 Å². The van der Waals surface area contributed by atoms with Crippen LogP contribution in [0.25, 0.3) is 103 Å². The molecule has 0 radical (unpaired) electrons. The lowest BCUT2D eigenvalue weighted by Crippen LogP contribution is -1.96. The first-order valence-corrected chi connectivity index (χ1v) is 17.2. The van der Waals surface area contributed by atoms with Crippen molar-refractivity contribution in [1.29, 1.82) is 0 Å². The zero-order valence-corrected chi connectivity index (χ0v) is 26.9. The van der Waals surface area contributed by atoms with E-state index >= 15 is 0 Å². The van der Waals surface area contributed by atoms with Crippen LogP contribution in [0.5, 0.6) is 0 Å². The number of aromatic nitrogens is 3. The normalized spacial score (nSPS) is 12.1. The molecule has 0 bridgehead atoms. The standard InChI is InChI=1S/C44H25N3OS/c1-2-12-26(13-3-1)39-42-40(32-17-7-10-20-35(32)48-42)46-44(45-39)27-22-24-28(25-23-27)47-34-19-9-6-16-31(34)37-29-14-4-5-15-30(29)38-33-18-8-11-21-36(33)49-43(38)41(37)47/h1-25H. The summed E-state index contributed by atoms with van der Waals surface area (Å²) in [5, 5.41) is 8.75. The van der Waals surface area contributed by atoms with E-state index in [1.807, 2.05) is 47.7 Å². The molecular weight excluding hydrogens is 619 g/mol. The largest absolute Gasteiger partial charge is 0.452 e. The second-order valence-corrected chi connectivity index (χ2v) is 13.6. The molecule has 0 saturated heterocycles. The third-order valence-electron chi connectivity index (χ3n) is 9.80. The molecule has 4 heterocycles. The summed E-state index contributed by atoms with van der Waals surface area (Å²) < 4.78 is 11.4. The van der Waals surface area contributed by atoms with Crippen LogP contribution in [0.1, 0.15) is 0 Å². The van der Waals surface area contributed by atoms with Gasteiger partial charge in [0.2, 0.25) is 0 Å². The summed E-state index contributed by atoms with van der Waals surface area (Å²) in [6.45, 7) is 0. The van der Waals surface area contributed by atoms with Crippen molar-refractivity contribution in [3.8, 4) is 28.3 Å². The van der Waals surface area contributed by atoms with Crippen LogP contribution in [0.3, 0.4) is 0 Å². The number of para-hydroxylation sites is 2. The van der Waals surface area contributed by atoms with Crippen molar-refractivity contribution in [2.24, 2.45) is 0 Å². The van der Waals surface area contributed by atoms with E-state index in [9.17, 15) is 0 Å². The molecule has 0 fully saturated rings. The van der Waals surface area contributed by atoms with E-state index in [1.54, 1.807) is 0 Å². The van der Waals surface area contributed by atoms with Gasteiger partial charge in [-0.3, -0.25) is 0 Å². The van der Waals surface area contributed by atoms with Crippen molar-refractivity contribution >= 4 is 86.2 Å². The third-order valence-corrected chi connectivity index (χ3v) is 11.0. The number of hydrogen-bond donors (Lipinski definition) is 0. The van der Waals surface area contributed by atoms with Gasteiger partial charge in [0.05, 0.1) is 15.7 Å². The van der Waals surface area contributed by atoms with Crippen molar-refractivity contribution < 1.29 is 4.42 Å². The van der Waals surface area contributed by atoms with Gasteiger partial charge in [0.15, 0.2) is 11.4 Å². The molecule has 0 aliphatic heterocycles. The Kier molecular flexibility index (Phi) is 5.51. The highest BCUT2D eigenvalue weighted by molar-refractivity contribution is 7.27. The van der Waals surface area contributed by atoms with Gasteiger partial charge in [-0.25, -0.2) is 9.97 Å². The molecule has 5 heteroatoms. The molecule has 0 amide bonds. The average molecular weight is 644 g/mol. The molecule has 11 rings (SSSR count).